The van der Waals surface area contributed by atoms with Crippen LogP contribution in [-0.2, 0) is 21.4 Å². The van der Waals surface area contributed by atoms with Crippen LogP contribution in [0.25, 0.3) is 0 Å². The largest absolute Gasteiger partial charge is 0.332 e. The molecule has 0 radical (unpaired) electrons. The van der Waals surface area contributed by atoms with Crippen LogP contribution in [-0.4, -0.2) is 37.0 Å². The van der Waals surface area contributed by atoms with Gasteiger partial charge in [-0.3, -0.25) is 10.0 Å². The number of benzene rings is 2. The average Bonchev–Trinajstić information content (AvgIpc) is 2.62. The third-order valence-electron chi connectivity index (χ3n) is 3.31. The first-order valence-corrected chi connectivity index (χ1v) is 9.22. The van der Waals surface area contributed by atoms with Crippen molar-refractivity contribution in [2.24, 2.45) is 0 Å². The van der Waals surface area contributed by atoms with Crippen LogP contribution in [0.3, 0.4) is 0 Å². The molecule has 3 N–H and O–H groups in total. The number of halogens is 1. The summed E-state index contributed by atoms with van der Waals surface area (Å²) in [5.74, 6) is -0.861. The van der Waals surface area contributed by atoms with Gasteiger partial charge in [0.1, 0.15) is 6.54 Å². The smallest absolute Gasteiger partial charge is 0.310 e. The molecule has 0 atom stereocenters. The summed E-state index contributed by atoms with van der Waals surface area (Å²) < 4.78 is 26.5. The number of urea groups is 1. The summed E-state index contributed by atoms with van der Waals surface area (Å²) in [6.45, 7) is -0.566. The highest BCUT2D eigenvalue weighted by Gasteiger charge is 2.23. The van der Waals surface area contributed by atoms with E-state index in [9.17, 15) is 18.0 Å². The summed E-state index contributed by atoms with van der Waals surface area (Å²) in [5.41, 5.74) is 2.09. The number of hydroxylamine groups is 1. The van der Waals surface area contributed by atoms with E-state index < -0.39 is 28.5 Å². The second kappa shape index (κ2) is 8.65. The first-order valence-electron chi connectivity index (χ1n) is 7.36. The van der Waals surface area contributed by atoms with Crippen molar-refractivity contribution in [2.75, 3.05) is 6.54 Å². The highest BCUT2D eigenvalue weighted by atomic mass is 35.5. The molecule has 0 aliphatic rings. The lowest BCUT2D eigenvalue weighted by molar-refractivity contribution is -0.129. The molecule has 0 unspecified atom stereocenters. The monoisotopic (exact) mass is 397 g/mol. The number of carbonyl (C=O) groups is 2. The van der Waals surface area contributed by atoms with Gasteiger partial charge in [0.05, 0.1) is 4.90 Å². The molecule has 0 fully saturated rings. The highest BCUT2D eigenvalue weighted by molar-refractivity contribution is 7.90. The Balaban J connectivity index is 2.19. The van der Waals surface area contributed by atoms with E-state index >= 15 is 0 Å². The maximum absolute atomic E-state index is 12.4. The maximum atomic E-state index is 12.4. The fourth-order valence-corrected chi connectivity index (χ4v) is 3.16. The molecule has 10 heteroatoms. The summed E-state index contributed by atoms with van der Waals surface area (Å²) in [4.78, 5) is 24.6. The van der Waals surface area contributed by atoms with Gasteiger partial charge in [0.25, 0.3) is 15.9 Å². The van der Waals surface area contributed by atoms with Crippen molar-refractivity contribution >= 4 is 33.6 Å². The van der Waals surface area contributed by atoms with E-state index in [0.29, 0.717) is 10.6 Å². The Morgan fingerprint density at radius 2 is 1.65 bits per heavy atom. The number of nitrogens with one attached hydrogen (secondary N) is 2. The Morgan fingerprint density at radius 3 is 2.23 bits per heavy atom. The summed E-state index contributed by atoms with van der Waals surface area (Å²) in [5, 5.41) is 9.03. The van der Waals surface area contributed by atoms with Crippen LogP contribution in [0.2, 0.25) is 5.02 Å². The van der Waals surface area contributed by atoms with Crippen LogP contribution in [0.5, 0.6) is 0 Å². The van der Waals surface area contributed by atoms with Crippen LogP contribution in [0.15, 0.2) is 59.5 Å². The van der Waals surface area contributed by atoms with Crippen molar-refractivity contribution in [2.45, 2.75) is 11.4 Å². The van der Waals surface area contributed by atoms with E-state index in [1.165, 1.54) is 29.7 Å². The molecule has 26 heavy (non-hydrogen) atoms. The standard InChI is InChI=1S/C16H16ClN3O5S/c17-13-6-8-14(9-7-13)26(24,25)19-16(22)20(11-15(21)18-23)10-12-4-2-1-3-5-12/h1-9,23H,10-11H2,(H,18,21)(H,19,22). The minimum Gasteiger partial charge on any atom is -0.310 e. The molecule has 0 aliphatic heterocycles. The van der Waals surface area contributed by atoms with Gasteiger partial charge in [-0.15, -0.1) is 0 Å². The molecule has 2 rings (SSSR count). The second-order valence-electron chi connectivity index (χ2n) is 5.24. The minimum atomic E-state index is -4.15. The molecule has 0 aliphatic carbocycles. The molecule has 0 saturated carbocycles. The molecular formula is C16H16ClN3O5S. The lowest BCUT2D eigenvalue weighted by atomic mass is 10.2. The van der Waals surface area contributed by atoms with Gasteiger partial charge >= 0.3 is 6.03 Å². The number of sulfonamides is 1. The first-order chi connectivity index (χ1) is 12.3. The van der Waals surface area contributed by atoms with Crippen molar-refractivity contribution in [3.63, 3.8) is 0 Å². The van der Waals surface area contributed by atoms with Gasteiger partial charge < -0.3 is 4.90 Å². The summed E-state index contributed by atoms with van der Waals surface area (Å²) in [6, 6.07) is 12.9. The molecule has 2 aromatic rings. The lowest BCUT2D eigenvalue weighted by Gasteiger charge is -2.22. The second-order valence-corrected chi connectivity index (χ2v) is 7.36. The Kier molecular flexibility index (Phi) is 6.56. The van der Waals surface area contributed by atoms with Crippen molar-refractivity contribution < 1.29 is 23.2 Å². The number of hydrogen-bond acceptors (Lipinski definition) is 5. The van der Waals surface area contributed by atoms with Crippen molar-refractivity contribution in [1.29, 1.82) is 0 Å². The highest BCUT2D eigenvalue weighted by Crippen LogP contribution is 2.14. The van der Waals surface area contributed by atoms with Crippen molar-refractivity contribution in [1.82, 2.24) is 15.1 Å². The molecule has 0 spiro atoms. The minimum absolute atomic E-state index is 0.0315. The van der Waals surface area contributed by atoms with E-state index in [4.69, 9.17) is 16.8 Å². The normalized spacial score (nSPS) is 10.8. The topological polar surface area (TPSA) is 116 Å². The van der Waals surface area contributed by atoms with Crippen molar-refractivity contribution in [3.8, 4) is 0 Å². The Bertz CT molecular complexity index is 873. The van der Waals surface area contributed by atoms with E-state index in [-0.39, 0.29) is 11.4 Å². The number of nitrogens with zero attached hydrogens (tertiary/aromatic N) is 1. The number of hydrogen-bond donors (Lipinski definition) is 3. The molecule has 0 saturated heterocycles. The van der Waals surface area contributed by atoms with Crippen LogP contribution >= 0.6 is 11.6 Å². The van der Waals surface area contributed by atoms with E-state index in [1.54, 1.807) is 30.3 Å². The number of amides is 3. The quantitative estimate of drug-likeness (QED) is 0.507. The molecule has 2 aromatic carbocycles. The predicted molar refractivity (Wildman–Crippen MR) is 94.0 cm³/mol. The van der Waals surface area contributed by atoms with Gasteiger partial charge in [0.2, 0.25) is 0 Å². The van der Waals surface area contributed by atoms with Gasteiger partial charge in [0.15, 0.2) is 0 Å². The maximum Gasteiger partial charge on any atom is 0.332 e. The molecule has 8 nitrogen and oxygen atoms in total. The Morgan fingerprint density at radius 1 is 1.04 bits per heavy atom. The fourth-order valence-electron chi connectivity index (χ4n) is 2.06. The predicted octanol–water partition coefficient (Wildman–Crippen LogP) is 1.75. The molecule has 138 valence electrons. The van der Waals surface area contributed by atoms with Crippen LogP contribution < -0.4 is 10.2 Å². The lowest BCUT2D eigenvalue weighted by Crippen LogP contribution is -2.46. The van der Waals surface area contributed by atoms with E-state index in [0.717, 1.165) is 4.90 Å². The Hall–Kier alpha value is -2.62. The summed E-state index contributed by atoms with van der Waals surface area (Å²) in [7, 11) is -4.15. The van der Waals surface area contributed by atoms with Crippen molar-refractivity contribution in [3.05, 3.63) is 65.2 Å². The number of carbonyl (C=O) groups excluding carboxylic acids is 2. The average molecular weight is 398 g/mol. The van der Waals surface area contributed by atoms with Crippen LogP contribution in [0, 0.1) is 0 Å². The third kappa shape index (κ3) is 5.45. The van der Waals surface area contributed by atoms with Gasteiger partial charge in [-0.25, -0.2) is 23.4 Å². The third-order valence-corrected chi connectivity index (χ3v) is 4.90. The zero-order valence-corrected chi connectivity index (χ0v) is 15.0. The van der Waals surface area contributed by atoms with Crippen LogP contribution in [0.1, 0.15) is 5.56 Å². The zero-order chi connectivity index (χ0) is 19.2. The van der Waals surface area contributed by atoms with Gasteiger partial charge in [-0.05, 0) is 29.8 Å². The summed E-state index contributed by atoms with van der Waals surface area (Å²) >= 11 is 5.72. The molecule has 3 amide bonds. The van der Waals surface area contributed by atoms with E-state index in [2.05, 4.69) is 0 Å². The Labute approximate surface area is 155 Å². The van der Waals surface area contributed by atoms with Gasteiger partial charge in [0, 0.05) is 11.6 Å². The first kappa shape index (κ1) is 19.7. The fraction of sp³-hybridized carbons (Fsp3) is 0.125. The zero-order valence-electron chi connectivity index (χ0n) is 13.4. The van der Waals surface area contributed by atoms with Gasteiger partial charge in [-0.1, -0.05) is 41.9 Å². The summed E-state index contributed by atoms with van der Waals surface area (Å²) in [6.07, 6.45) is 0. The molecule has 0 aromatic heterocycles. The molecule has 0 bridgehead atoms. The van der Waals surface area contributed by atoms with E-state index in [1.807, 2.05) is 4.72 Å². The molecular weight excluding hydrogens is 382 g/mol. The number of rotatable bonds is 6. The molecule has 0 heterocycles. The van der Waals surface area contributed by atoms with Gasteiger partial charge in [-0.2, -0.15) is 0 Å². The SMILES string of the molecule is O=C(CN(Cc1ccccc1)C(=O)NS(=O)(=O)c1ccc(Cl)cc1)NO. The van der Waals surface area contributed by atoms with Crippen LogP contribution in [0.4, 0.5) is 4.79 Å².